The zero-order valence-electron chi connectivity index (χ0n) is 9.09. The van der Waals surface area contributed by atoms with E-state index in [1.165, 1.54) is 0 Å². The highest BCUT2D eigenvalue weighted by Gasteiger charge is 2.33. The van der Waals surface area contributed by atoms with Gasteiger partial charge in [0.2, 0.25) is 5.91 Å². The topological polar surface area (TPSA) is 63.7 Å². The summed E-state index contributed by atoms with van der Waals surface area (Å²) in [7, 11) is 0. The van der Waals surface area contributed by atoms with Gasteiger partial charge in [-0.1, -0.05) is 30.3 Å². The van der Waals surface area contributed by atoms with Gasteiger partial charge < -0.3 is 4.74 Å². The summed E-state index contributed by atoms with van der Waals surface area (Å²) in [6.45, 7) is -0.0793. The van der Waals surface area contributed by atoms with E-state index in [0.29, 0.717) is 0 Å². The number of ketones is 1. The highest BCUT2D eigenvalue weighted by molar-refractivity contribution is 6.11. The summed E-state index contributed by atoms with van der Waals surface area (Å²) in [4.78, 5) is 34.6. The van der Waals surface area contributed by atoms with E-state index in [4.69, 9.17) is 4.74 Å². The maximum Gasteiger partial charge on any atom is 0.417 e. The van der Waals surface area contributed by atoms with Crippen LogP contribution in [-0.2, 0) is 20.9 Å². The molecule has 0 saturated carbocycles. The van der Waals surface area contributed by atoms with E-state index >= 15 is 0 Å². The molecule has 1 aliphatic heterocycles. The minimum Gasteiger partial charge on any atom is -0.444 e. The van der Waals surface area contributed by atoms with Crippen molar-refractivity contribution < 1.29 is 19.1 Å². The van der Waals surface area contributed by atoms with E-state index in [1.54, 1.807) is 0 Å². The summed E-state index contributed by atoms with van der Waals surface area (Å²) < 4.78 is 4.94. The predicted molar refractivity (Wildman–Crippen MR) is 58.0 cm³/mol. The van der Waals surface area contributed by atoms with Gasteiger partial charge in [-0.3, -0.25) is 9.59 Å². The molecule has 1 aliphatic rings. The van der Waals surface area contributed by atoms with Gasteiger partial charge in [-0.05, 0) is 5.56 Å². The van der Waals surface area contributed by atoms with Crippen LogP contribution in [0.2, 0.25) is 0 Å². The second kappa shape index (κ2) is 4.78. The number of carbonyl (C=O) groups is 3. The van der Waals surface area contributed by atoms with Gasteiger partial charge in [0, 0.05) is 0 Å². The van der Waals surface area contributed by atoms with Gasteiger partial charge in [-0.15, -0.1) is 0 Å². The highest BCUT2D eigenvalue weighted by atomic mass is 16.6. The first-order chi connectivity index (χ1) is 8.16. The van der Waals surface area contributed by atoms with Crippen LogP contribution in [0.3, 0.4) is 0 Å². The van der Waals surface area contributed by atoms with Crippen LogP contribution in [-0.4, -0.2) is 29.2 Å². The van der Waals surface area contributed by atoms with Crippen molar-refractivity contribution in [2.24, 2.45) is 0 Å². The van der Waals surface area contributed by atoms with Gasteiger partial charge in [0.1, 0.15) is 6.61 Å². The average Bonchev–Trinajstić information content (AvgIpc) is 2.67. The lowest BCUT2D eigenvalue weighted by molar-refractivity contribution is -0.126. The molecule has 0 unspecified atom stereocenters. The van der Waals surface area contributed by atoms with Gasteiger partial charge >= 0.3 is 6.09 Å². The summed E-state index contributed by atoms with van der Waals surface area (Å²) in [5, 5.41) is 0. The molecule has 1 aromatic carbocycles. The number of amides is 2. The van der Waals surface area contributed by atoms with Gasteiger partial charge in [-0.25, -0.2) is 9.69 Å². The fourth-order valence-corrected chi connectivity index (χ4v) is 1.55. The third kappa shape index (κ3) is 2.69. The van der Waals surface area contributed by atoms with E-state index < -0.39 is 12.0 Å². The van der Waals surface area contributed by atoms with Crippen molar-refractivity contribution in [1.82, 2.24) is 4.90 Å². The fraction of sp³-hybridized carbons (Fsp3) is 0.250. The Morgan fingerprint density at radius 1 is 1.24 bits per heavy atom. The summed E-state index contributed by atoms with van der Waals surface area (Å²) in [6, 6.07) is 9.13. The number of hydrogen-bond donors (Lipinski definition) is 0. The molecule has 1 saturated heterocycles. The van der Waals surface area contributed by atoms with Crippen LogP contribution < -0.4 is 0 Å². The first-order valence-electron chi connectivity index (χ1n) is 5.19. The summed E-state index contributed by atoms with van der Waals surface area (Å²) in [5.41, 5.74) is 0.832. The molecule has 0 N–H and O–H groups in total. The van der Waals surface area contributed by atoms with Crippen LogP contribution >= 0.6 is 0 Å². The molecule has 0 bridgehead atoms. The number of carbonyl (C=O) groups excluding carboxylic acids is 3. The summed E-state index contributed by atoms with van der Waals surface area (Å²) >= 11 is 0. The molecule has 1 aromatic rings. The quantitative estimate of drug-likeness (QED) is 0.718. The van der Waals surface area contributed by atoms with Crippen LogP contribution in [0, 0.1) is 0 Å². The number of benzene rings is 1. The molecule has 0 aliphatic carbocycles. The lowest BCUT2D eigenvalue weighted by Crippen LogP contribution is -2.32. The highest BCUT2D eigenvalue weighted by Crippen LogP contribution is 2.10. The SMILES string of the molecule is O=C1CC(=O)N(C(=O)OCc2ccccc2)C1. The van der Waals surface area contributed by atoms with Crippen LogP contribution in [0.25, 0.3) is 0 Å². The van der Waals surface area contributed by atoms with Crippen LogP contribution in [0.5, 0.6) is 0 Å². The standard InChI is InChI=1S/C12H11NO4/c14-10-6-11(15)13(7-10)12(16)17-8-9-4-2-1-3-5-9/h1-5H,6-8H2. The molecule has 0 spiro atoms. The lowest BCUT2D eigenvalue weighted by Gasteiger charge is -2.12. The smallest absolute Gasteiger partial charge is 0.417 e. The molecule has 17 heavy (non-hydrogen) atoms. The van der Waals surface area contributed by atoms with E-state index in [2.05, 4.69) is 0 Å². The van der Waals surface area contributed by atoms with Crippen molar-refractivity contribution in [3.8, 4) is 0 Å². The lowest BCUT2D eigenvalue weighted by atomic mass is 10.2. The molecule has 5 nitrogen and oxygen atoms in total. The molecule has 1 heterocycles. The molecule has 0 aromatic heterocycles. The largest absolute Gasteiger partial charge is 0.444 e. The molecule has 2 rings (SSSR count). The molecule has 0 radical (unpaired) electrons. The second-order valence-corrected chi connectivity index (χ2v) is 3.74. The van der Waals surface area contributed by atoms with Crippen molar-refractivity contribution in [2.75, 3.05) is 6.54 Å². The Bertz CT molecular complexity index is 455. The van der Waals surface area contributed by atoms with Crippen molar-refractivity contribution in [1.29, 1.82) is 0 Å². The van der Waals surface area contributed by atoms with E-state index in [9.17, 15) is 14.4 Å². The monoisotopic (exact) mass is 233 g/mol. The van der Waals surface area contributed by atoms with Crippen LogP contribution in [0.15, 0.2) is 30.3 Å². The zero-order chi connectivity index (χ0) is 12.3. The minimum absolute atomic E-state index is 0.0949. The third-order valence-corrected chi connectivity index (χ3v) is 2.41. The Labute approximate surface area is 98.0 Å². The number of imide groups is 1. The van der Waals surface area contributed by atoms with Gasteiger partial charge in [-0.2, -0.15) is 0 Å². The fourth-order valence-electron chi connectivity index (χ4n) is 1.55. The maximum absolute atomic E-state index is 11.5. The maximum atomic E-state index is 11.5. The molecule has 1 fully saturated rings. The van der Waals surface area contributed by atoms with Crippen LogP contribution in [0.1, 0.15) is 12.0 Å². The third-order valence-electron chi connectivity index (χ3n) is 2.41. The Kier molecular flexibility index (Phi) is 3.18. The van der Waals surface area contributed by atoms with Crippen LogP contribution in [0.4, 0.5) is 4.79 Å². The van der Waals surface area contributed by atoms with Crippen molar-refractivity contribution in [2.45, 2.75) is 13.0 Å². The number of rotatable bonds is 2. The Morgan fingerprint density at radius 2 is 1.94 bits per heavy atom. The molecule has 2 amide bonds. The zero-order valence-corrected chi connectivity index (χ0v) is 9.09. The van der Waals surface area contributed by atoms with E-state index in [0.717, 1.165) is 10.5 Å². The number of hydrogen-bond acceptors (Lipinski definition) is 4. The van der Waals surface area contributed by atoms with E-state index in [-0.39, 0.29) is 25.4 Å². The first-order valence-corrected chi connectivity index (χ1v) is 5.19. The Hall–Kier alpha value is -2.17. The number of ether oxygens (including phenoxy) is 1. The average molecular weight is 233 g/mol. The summed E-state index contributed by atoms with van der Waals surface area (Å²) in [5.74, 6) is -0.750. The van der Waals surface area contributed by atoms with Gasteiger partial charge in [0.05, 0.1) is 13.0 Å². The Balaban J connectivity index is 1.90. The number of likely N-dealkylation sites (tertiary alicyclic amines) is 1. The normalized spacial score (nSPS) is 15.2. The van der Waals surface area contributed by atoms with Crippen molar-refractivity contribution in [3.05, 3.63) is 35.9 Å². The summed E-state index contributed by atoms with van der Waals surface area (Å²) in [6.07, 6.45) is -0.967. The Morgan fingerprint density at radius 3 is 2.53 bits per heavy atom. The minimum atomic E-state index is -0.760. The molecule has 0 atom stereocenters. The number of nitrogens with zero attached hydrogens (tertiary/aromatic N) is 1. The van der Waals surface area contributed by atoms with E-state index in [1.807, 2.05) is 30.3 Å². The van der Waals surface area contributed by atoms with Gasteiger partial charge in [0.25, 0.3) is 0 Å². The molecule has 5 heteroatoms. The van der Waals surface area contributed by atoms with Crippen molar-refractivity contribution >= 4 is 17.8 Å². The number of Topliss-reactive ketones (excluding diaryl/α,β-unsaturated/α-hetero) is 1. The predicted octanol–water partition coefficient (Wildman–Crippen LogP) is 1.12. The second-order valence-electron chi connectivity index (χ2n) is 3.74. The molecular weight excluding hydrogens is 222 g/mol. The first kappa shape index (κ1) is 11.3. The van der Waals surface area contributed by atoms with Gasteiger partial charge in [0.15, 0.2) is 5.78 Å². The van der Waals surface area contributed by atoms with Crippen molar-refractivity contribution in [3.63, 3.8) is 0 Å². The molecule has 88 valence electrons. The molecular formula is C12H11NO4.